The topological polar surface area (TPSA) is 69.0 Å². The van der Waals surface area contributed by atoms with Crippen LogP contribution in [-0.4, -0.2) is 35.3 Å². The number of hydrogen-bond donors (Lipinski definition) is 1. The molecule has 3 atom stereocenters. The van der Waals surface area contributed by atoms with Gasteiger partial charge >= 0.3 is 0 Å². The average Bonchev–Trinajstić information content (AvgIpc) is 3.12. The maximum atomic E-state index is 12.1. The van der Waals surface area contributed by atoms with E-state index in [1.807, 2.05) is 13.1 Å². The van der Waals surface area contributed by atoms with Crippen molar-refractivity contribution in [2.75, 3.05) is 0 Å². The molecule has 0 bridgehead atoms. The van der Waals surface area contributed by atoms with Crippen LogP contribution in [0.4, 0.5) is 0 Å². The summed E-state index contributed by atoms with van der Waals surface area (Å²) >= 11 is 0. The molecule has 1 aliphatic carbocycles. The van der Waals surface area contributed by atoms with Crippen LogP contribution < -0.4 is 5.32 Å². The van der Waals surface area contributed by atoms with Crippen LogP contribution in [0.1, 0.15) is 58.3 Å². The Kier molecular flexibility index (Phi) is 3.91. The lowest BCUT2D eigenvalue weighted by Gasteiger charge is -2.45. The zero-order valence-electron chi connectivity index (χ0n) is 15.0. The second kappa shape index (κ2) is 5.41. The summed E-state index contributed by atoms with van der Waals surface area (Å²) in [6.07, 6.45) is 4.12. The maximum Gasteiger partial charge on any atom is 0.231 e. The Bertz CT molecular complexity index is 603. The molecule has 2 heterocycles. The number of amides is 1. The predicted molar refractivity (Wildman–Crippen MR) is 90.4 cm³/mol. The summed E-state index contributed by atoms with van der Waals surface area (Å²) in [6, 6.07) is 0. The molecular weight excluding hydrogens is 308 g/mol. The maximum absolute atomic E-state index is 12.1. The summed E-state index contributed by atoms with van der Waals surface area (Å²) in [5.41, 5.74) is 1.04. The molecule has 3 rings (SSSR count). The third-order valence-electron chi connectivity index (χ3n) is 5.53. The molecule has 128 valence electrons. The molecule has 1 aromatic rings. The Labute approximate surface area is 139 Å². The molecule has 2 aliphatic rings. The highest BCUT2D eigenvalue weighted by Gasteiger charge is 2.49. The van der Waals surface area contributed by atoms with E-state index >= 15 is 0 Å². The van der Waals surface area contributed by atoms with E-state index in [-0.39, 0.29) is 29.1 Å². The van der Waals surface area contributed by atoms with Gasteiger partial charge in [0.15, 0.2) is 8.32 Å². The molecular formula is C16H28N4O2Si. The first kappa shape index (κ1) is 16.6. The smallest absolute Gasteiger partial charge is 0.231 e. The van der Waals surface area contributed by atoms with Gasteiger partial charge in [0.1, 0.15) is 12.1 Å². The average molecular weight is 337 g/mol. The second-order valence-electron chi connectivity index (χ2n) is 8.46. The Balaban J connectivity index is 1.71. The Morgan fingerprint density at radius 2 is 2.04 bits per heavy atom. The summed E-state index contributed by atoms with van der Waals surface area (Å²) in [7, 11) is -1.90. The van der Waals surface area contributed by atoms with Crippen molar-refractivity contribution in [3.63, 3.8) is 0 Å². The normalized spacial score (nSPS) is 26.6. The summed E-state index contributed by atoms with van der Waals surface area (Å²) in [6.45, 7) is 13.1. The summed E-state index contributed by atoms with van der Waals surface area (Å²) in [4.78, 5) is 12.1. The molecule has 1 N–H and O–H groups in total. The van der Waals surface area contributed by atoms with Gasteiger partial charge in [-0.3, -0.25) is 4.79 Å². The molecule has 2 fully saturated rings. The van der Waals surface area contributed by atoms with Crippen LogP contribution in [0.15, 0.2) is 6.20 Å². The lowest BCUT2D eigenvalue weighted by Crippen LogP contribution is -2.60. The quantitative estimate of drug-likeness (QED) is 0.663. The molecule has 6 nitrogen and oxygen atoms in total. The number of aromatic nitrogens is 3. The first-order valence-electron chi connectivity index (χ1n) is 8.50. The van der Waals surface area contributed by atoms with Crippen molar-refractivity contribution in [3.05, 3.63) is 11.9 Å². The lowest BCUT2D eigenvalue weighted by atomic mass is 9.92. The van der Waals surface area contributed by atoms with E-state index in [0.29, 0.717) is 5.92 Å². The highest BCUT2D eigenvalue weighted by Crippen LogP contribution is 2.41. The van der Waals surface area contributed by atoms with Crippen LogP contribution in [0.3, 0.4) is 0 Å². The summed E-state index contributed by atoms with van der Waals surface area (Å²) in [5, 5.41) is 11.5. The van der Waals surface area contributed by atoms with Crippen LogP contribution in [-0.2, 0) is 9.22 Å². The van der Waals surface area contributed by atoms with Crippen molar-refractivity contribution in [3.8, 4) is 0 Å². The molecule has 1 aromatic heterocycles. The van der Waals surface area contributed by atoms with E-state index in [0.717, 1.165) is 5.69 Å². The van der Waals surface area contributed by atoms with Gasteiger partial charge in [-0.25, -0.2) is 4.68 Å². The largest absolute Gasteiger partial charge is 0.413 e. The van der Waals surface area contributed by atoms with E-state index in [1.54, 1.807) is 4.68 Å². The van der Waals surface area contributed by atoms with Crippen LogP contribution in [0.25, 0.3) is 0 Å². The number of carbonyl (C=O) groups excluding carboxylic acids is 1. The molecule has 0 radical (unpaired) electrons. The van der Waals surface area contributed by atoms with Crippen LogP contribution in [0.2, 0.25) is 18.1 Å². The van der Waals surface area contributed by atoms with Crippen LogP contribution in [0, 0.1) is 5.92 Å². The van der Waals surface area contributed by atoms with Gasteiger partial charge in [-0.15, -0.1) is 5.10 Å². The van der Waals surface area contributed by atoms with Gasteiger partial charge in [-0.05, 0) is 37.9 Å². The number of nitrogens with one attached hydrogen (secondary N) is 1. The molecule has 0 spiro atoms. The molecule has 1 saturated carbocycles. The minimum absolute atomic E-state index is 0.0460. The highest BCUT2D eigenvalue weighted by molar-refractivity contribution is 6.74. The molecule has 23 heavy (non-hydrogen) atoms. The zero-order valence-corrected chi connectivity index (χ0v) is 16.0. The van der Waals surface area contributed by atoms with Gasteiger partial charge in [0, 0.05) is 5.92 Å². The predicted octanol–water partition coefficient (Wildman–Crippen LogP) is 2.81. The minimum atomic E-state index is -1.90. The standard InChI is InChI=1S/C16H28N4O2Si/c1-10(22-23(5,6)16(2,3)4)13-14(17-15(13)21)20-9-12(18-19-20)11-7-8-11/h9-11,13-14H,7-8H2,1-6H3,(H,17,21)/t10-,13-,14-/m1/s1. The van der Waals surface area contributed by atoms with Crippen molar-refractivity contribution >= 4 is 14.2 Å². The molecule has 7 heteroatoms. The molecule has 1 aliphatic heterocycles. The van der Waals surface area contributed by atoms with Gasteiger partial charge in [-0.2, -0.15) is 0 Å². The number of carbonyl (C=O) groups is 1. The first-order valence-corrected chi connectivity index (χ1v) is 11.4. The van der Waals surface area contributed by atoms with Crippen molar-refractivity contribution in [2.45, 2.75) is 76.9 Å². The van der Waals surface area contributed by atoms with Gasteiger partial charge in [-0.1, -0.05) is 26.0 Å². The number of rotatable bonds is 5. The lowest BCUT2D eigenvalue weighted by molar-refractivity contribution is -0.144. The SMILES string of the molecule is C[C@@H](O[Si](C)(C)C(C)(C)C)[C@H]1C(=O)N[C@@H]1n1cc(C2CC2)nn1. The minimum Gasteiger partial charge on any atom is -0.413 e. The van der Waals surface area contributed by atoms with Crippen LogP contribution in [0.5, 0.6) is 0 Å². The number of β-lactam (4-membered cyclic amide) rings is 1. The van der Waals surface area contributed by atoms with Crippen molar-refractivity contribution < 1.29 is 9.22 Å². The van der Waals surface area contributed by atoms with E-state index < -0.39 is 8.32 Å². The number of nitrogens with zero attached hydrogens (tertiary/aromatic N) is 3. The molecule has 1 amide bonds. The Morgan fingerprint density at radius 3 is 2.57 bits per heavy atom. The third kappa shape index (κ3) is 3.08. The number of hydrogen-bond acceptors (Lipinski definition) is 4. The van der Waals surface area contributed by atoms with E-state index in [9.17, 15) is 4.79 Å². The fraction of sp³-hybridized carbons (Fsp3) is 0.812. The highest BCUT2D eigenvalue weighted by atomic mass is 28.4. The Morgan fingerprint density at radius 1 is 1.39 bits per heavy atom. The van der Waals surface area contributed by atoms with Crippen LogP contribution >= 0.6 is 0 Å². The first-order chi connectivity index (χ1) is 10.6. The second-order valence-corrected chi connectivity index (χ2v) is 13.2. The summed E-state index contributed by atoms with van der Waals surface area (Å²) in [5.74, 6) is 0.418. The molecule has 0 unspecified atom stereocenters. The van der Waals surface area contributed by atoms with Gasteiger partial charge in [0.25, 0.3) is 0 Å². The van der Waals surface area contributed by atoms with Crippen molar-refractivity contribution in [2.24, 2.45) is 5.92 Å². The van der Waals surface area contributed by atoms with Gasteiger partial charge < -0.3 is 9.74 Å². The van der Waals surface area contributed by atoms with Crippen molar-refractivity contribution in [1.82, 2.24) is 20.3 Å². The van der Waals surface area contributed by atoms with Gasteiger partial charge in [0.05, 0.1) is 18.0 Å². The van der Waals surface area contributed by atoms with E-state index in [4.69, 9.17) is 4.43 Å². The fourth-order valence-corrected chi connectivity index (χ4v) is 4.22. The monoisotopic (exact) mass is 336 g/mol. The van der Waals surface area contributed by atoms with E-state index in [2.05, 4.69) is 49.5 Å². The van der Waals surface area contributed by atoms with Crippen molar-refractivity contribution in [1.29, 1.82) is 0 Å². The molecule has 1 saturated heterocycles. The zero-order chi connectivity index (χ0) is 17.0. The third-order valence-corrected chi connectivity index (χ3v) is 10.1. The molecule has 0 aromatic carbocycles. The Hall–Kier alpha value is -1.21. The summed E-state index contributed by atoms with van der Waals surface area (Å²) < 4.78 is 8.21. The fourth-order valence-electron chi connectivity index (χ4n) is 2.79. The van der Waals surface area contributed by atoms with E-state index in [1.165, 1.54) is 12.8 Å². The van der Waals surface area contributed by atoms with Gasteiger partial charge in [0.2, 0.25) is 5.91 Å².